The van der Waals surface area contributed by atoms with Crippen LogP contribution in [0.2, 0.25) is 5.02 Å². The number of rotatable bonds is 4. The molecule has 5 rings (SSSR count). The number of aromatic nitrogens is 4. The largest absolute Gasteiger partial charge is 0.336 e. The van der Waals surface area contributed by atoms with Crippen LogP contribution < -0.4 is 16.1 Å². The molecule has 0 radical (unpaired) electrons. The summed E-state index contributed by atoms with van der Waals surface area (Å²) in [5, 5.41) is 0.613. The molecular weight excluding hydrogens is 402 g/mol. The molecule has 1 aliphatic heterocycles. The zero-order valence-corrected chi connectivity index (χ0v) is 17.2. The van der Waals surface area contributed by atoms with Crippen LogP contribution in [0.25, 0.3) is 11.2 Å². The summed E-state index contributed by atoms with van der Waals surface area (Å²) in [6, 6.07) is 17.3. The Morgan fingerprint density at radius 3 is 2.37 bits per heavy atom. The summed E-state index contributed by atoms with van der Waals surface area (Å²) in [5.41, 5.74) is 2.20. The van der Waals surface area contributed by atoms with Gasteiger partial charge in [-0.25, -0.2) is 4.79 Å². The molecule has 0 N–H and O–H groups in total. The van der Waals surface area contributed by atoms with Crippen molar-refractivity contribution in [2.24, 2.45) is 7.05 Å². The number of imidazole rings is 1. The summed E-state index contributed by atoms with van der Waals surface area (Å²) in [5.74, 6) is 0.727. The molecule has 3 heterocycles. The van der Waals surface area contributed by atoms with E-state index in [1.165, 1.54) is 14.7 Å². The molecule has 0 unspecified atom stereocenters. The average Bonchev–Trinajstić information content (AvgIpc) is 3.32. The second-order valence-electron chi connectivity index (χ2n) is 7.50. The minimum atomic E-state index is -0.381. The monoisotopic (exact) mass is 421 g/mol. The molecule has 0 aliphatic carbocycles. The van der Waals surface area contributed by atoms with Gasteiger partial charge in [0.05, 0.1) is 6.54 Å². The van der Waals surface area contributed by atoms with Gasteiger partial charge in [-0.1, -0.05) is 54.1 Å². The average molecular weight is 422 g/mol. The molecule has 0 saturated heterocycles. The van der Waals surface area contributed by atoms with Crippen LogP contribution >= 0.6 is 11.6 Å². The number of fused-ring (bicyclic) bond motifs is 3. The molecule has 1 aliphatic rings. The first-order valence-electron chi connectivity index (χ1n) is 9.76. The summed E-state index contributed by atoms with van der Waals surface area (Å²) in [6.45, 7) is 2.32. The first kappa shape index (κ1) is 18.7. The van der Waals surface area contributed by atoms with Gasteiger partial charge in [-0.3, -0.25) is 13.9 Å². The van der Waals surface area contributed by atoms with Crippen molar-refractivity contribution in [3.8, 4) is 0 Å². The highest BCUT2D eigenvalue weighted by molar-refractivity contribution is 6.30. The van der Waals surface area contributed by atoms with Crippen LogP contribution in [0.1, 0.15) is 11.1 Å². The van der Waals surface area contributed by atoms with Crippen LogP contribution in [0.4, 0.5) is 5.95 Å². The van der Waals surface area contributed by atoms with Crippen LogP contribution in [0.3, 0.4) is 0 Å². The number of nitrogens with zero attached hydrogens (tertiary/aromatic N) is 5. The summed E-state index contributed by atoms with van der Waals surface area (Å²) in [7, 11) is 1.66. The summed E-state index contributed by atoms with van der Waals surface area (Å²) >= 11 is 5.95. The van der Waals surface area contributed by atoms with Crippen LogP contribution in [-0.2, 0) is 26.7 Å². The number of halogens is 1. The summed E-state index contributed by atoms with van der Waals surface area (Å²) in [4.78, 5) is 33.0. The van der Waals surface area contributed by atoms with Crippen LogP contribution in [-0.4, -0.2) is 25.2 Å². The number of aryl methyl sites for hydroxylation is 1. The zero-order chi connectivity index (χ0) is 20.8. The third-order valence-corrected chi connectivity index (χ3v) is 5.81. The summed E-state index contributed by atoms with van der Waals surface area (Å²) < 4.78 is 4.65. The van der Waals surface area contributed by atoms with Gasteiger partial charge in [-0.2, -0.15) is 4.98 Å². The predicted octanol–water partition coefficient (Wildman–Crippen LogP) is 2.62. The standard InChI is InChI=1S/C22H20ClN5O2/c1-25-19-18(20(29)28(22(25)30)14-16-7-9-17(23)10-8-16)27-12-11-26(21(27)24-19)13-15-5-3-2-4-6-15/h2-10H,11-14H2,1H3. The molecule has 2 aromatic heterocycles. The van der Waals surface area contributed by atoms with Gasteiger partial charge in [0.25, 0.3) is 5.56 Å². The molecule has 8 heteroatoms. The van der Waals surface area contributed by atoms with Gasteiger partial charge in [0.15, 0.2) is 11.2 Å². The molecule has 0 saturated carbocycles. The molecule has 4 aromatic rings. The van der Waals surface area contributed by atoms with E-state index in [0.29, 0.717) is 29.3 Å². The minimum Gasteiger partial charge on any atom is -0.336 e. The quantitative estimate of drug-likeness (QED) is 0.508. The Balaban J connectivity index is 1.60. The molecule has 0 amide bonds. The van der Waals surface area contributed by atoms with E-state index in [2.05, 4.69) is 22.0 Å². The van der Waals surface area contributed by atoms with E-state index in [-0.39, 0.29) is 17.8 Å². The lowest BCUT2D eigenvalue weighted by molar-refractivity contribution is 0.651. The van der Waals surface area contributed by atoms with E-state index < -0.39 is 0 Å². The molecule has 152 valence electrons. The first-order chi connectivity index (χ1) is 14.5. The van der Waals surface area contributed by atoms with Gasteiger partial charge in [0.2, 0.25) is 5.95 Å². The summed E-state index contributed by atoms with van der Waals surface area (Å²) in [6.07, 6.45) is 0. The van der Waals surface area contributed by atoms with E-state index >= 15 is 0 Å². The number of hydrogen-bond acceptors (Lipinski definition) is 4. The fraction of sp³-hybridized carbons (Fsp3) is 0.227. The van der Waals surface area contributed by atoms with Gasteiger partial charge in [0, 0.05) is 31.7 Å². The molecule has 0 spiro atoms. The second kappa shape index (κ2) is 7.18. The number of hydrogen-bond donors (Lipinski definition) is 0. The van der Waals surface area contributed by atoms with Crippen molar-refractivity contribution in [2.45, 2.75) is 19.6 Å². The predicted molar refractivity (Wildman–Crippen MR) is 117 cm³/mol. The Labute approximate surface area is 177 Å². The van der Waals surface area contributed by atoms with E-state index in [4.69, 9.17) is 11.6 Å². The maximum atomic E-state index is 13.3. The Morgan fingerprint density at radius 2 is 1.63 bits per heavy atom. The van der Waals surface area contributed by atoms with Gasteiger partial charge in [0.1, 0.15) is 0 Å². The third kappa shape index (κ3) is 3.02. The topological polar surface area (TPSA) is 65.1 Å². The smallest absolute Gasteiger partial charge is 0.332 e. The Morgan fingerprint density at radius 1 is 0.933 bits per heavy atom. The molecule has 0 atom stereocenters. The lowest BCUT2D eigenvalue weighted by atomic mass is 10.2. The van der Waals surface area contributed by atoms with E-state index in [1.54, 1.807) is 19.2 Å². The van der Waals surface area contributed by atoms with Gasteiger partial charge in [-0.05, 0) is 23.3 Å². The highest BCUT2D eigenvalue weighted by Crippen LogP contribution is 2.26. The molecule has 30 heavy (non-hydrogen) atoms. The van der Waals surface area contributed by atoms with Crippen molar-refractivity contribution < 1.29 is 0 Å². The van der Waals surface area contributed by atoms with Crippen molar-refractivity contribution in [1.82, 2.24) is 18.7 Å². The normalized spacial score (nSPS) is 13.2. The molecular formula is C22H20ClN5O2. The van der Waals surface area contributed by atoms with Gasteiger partial charge in [-0.15, -0.1) is 0 Å². The van der Waals surface area contributed by atoms with Crippen molar-refractivity contribution in [2.75, 3.05) is 11.4 Å². The second-order valence-corrected chi connectivity index (χ2v) is 7.94. The lowest BCUT2D eigenvalue weighted by Gasteiger charge is -2.15. The SMILES string of the molecule is Cn1c(=O)n(Cc2ccc(Cl)cc2)c(=O)c2c1nc1n2CCN1Cc1ccccc1. The van der Waals surface area contributed by atoms with Crippen LogP contribution in [0.15, 0.2) is 64.2 Å². The third-order valence-electron chi connectivity index (χ3n) is 5.56. The fourth-order valence-electron chi connectivity index (χ4n) is 4.00. The Kier molecular flexibility index (Phi) is 4.47. The van der Waals surface area contributed by atoms with E-state index in [1.807, 2.05) is 34.9 Å². The maximum absolute atomic E-state index is 13.3. The highest BCUT2D eigenvalue weighted by Gasteiger charge is 2.27. The van der Waals surface area contributed by atoms with Crippen molar-refractivity contribution in [3.63, 3.8) is 0 Å². The molecule has 0 bridgehead atoms. The Bertz CT molecular complexity index is 1350. The fourth-order valence-corrected chi connectivity index (χ4v) is 4.13. The van der Waals surface area contributed by atoms with E-state index in [9.17, 15) is 9.59 Å². The zero-order valence-electron chi connectivity index (χ0n) is 16.5. The first-order valence-corrected chi connectivity index (χ1v) is 10.1. The van der Waals surface area contributed by atoms with Crippen molar-refractivity contribution in [3.05, 3.63) is 91.6 Å². The van der Waals surface area contributed by atoms with Crippen molar-refractivity contribution >= 4 is 28.7 Å². The molecule has 0 fully saturated rings. The molecule has 7 nitrogen and oxygen atoms in total. The van der Waals surface area contributed by atoms with Gasteiger partial charge < -0.3 is 9.47 Å². The van der Waals surface area contributed by atoms with Crippen LogP contribution in [0, 0.1) is 0 Å². The van der Waals surface area contributed by atoms with E-state index in [0.717, 1.165) is 18.1 Å². The maximum Gasteiger partial charge on any atom is 0.332 e. The molecule has 2 aromatic carbocycles. The van der Waals surface area contributed by atoms with Crippen molar-refractivity contribution in [1.29, 1.82) is 0 Å². The lowest BCUT2D eigenvalue weighted by Crippen LogP contribution is -2.40. The number of anilines is 1. The van der Waals surface area contributed by atoms with Gasteiger partial charge >= 0.3 is 5.69 Å². The van der Waals surface area contributed by atoms with Crippen LogP contribution in [0.5, 0.6) is 0 Å². The minimum absolute atomic E-state index is 0.187. The highest BCUT2D eigenvalue weighted by atomic mass is 35.5. The Hall–Kier alpha value is -3.32. The number of benzene rings is 2.